The van der Waals surface area contributed by atoms with E-state index in [2.05, 4.69) is 25.1 Å². The summed E-state index contributed by atoms with van der Waals surface area (Å²) in [6.45, 7) is 2.12. The van der Waals surface area contributed by atoms with Crippen molar-refractivity contribution in [1.82, 2.24) is 0 Å². The smallest absolute Gasteiger partial charge is 0.162 e. The zero-order valence-corrected chi connectivity index (χ0v) is 12.8. The van der Waals surface area contributed by atoms with Crippen molar-refractivity contribution in [3.05, 3.63) is 47.5 Å². The van der Waals surface area contributed by atoms with E-state index in [9.17, 15) is 0 Å². The zero-order valence-electron chi connectivity index (χ0n) is 12.0. The molecule has 0 aliphatic heterocycles. The summed E-state index contributed by atoms with van der Waals surface area (Å²) in [4.78, 5) is 1.01. The average molecular weight is 289 g/mol. The van der Waals surface area contributed by atoms with Crippen LogP contribution < -0.4 is 15.2 Å². The summed E-state index contributed by atoms with van der Waals surface area (Å²) in [6.07, 6.45) is 0. The van der Waals surface area contributed by atoms with Crippen molar-refractivity contribution in [3.8, 4) is 11.5 Å². The fourth-order valence-corrected chi connectivity index (χ4v) is 2.98. The maximum absolute atomic E-state index is 6.07. The molecule has 0 aliphatic rings. The summed E-state index contributed by atoms with van der Waals surface area (Å²) in [5, 5.41) is 0. The number of nitrogen functional groups attached to an aromatic ring is 1. The molecule has 2 rings (SSSR count). The van der Waals surface area contributed by atoms with Gasteiger partial charge in [0.05, 0.1) is 14.2 Å². The minimum Gasteiger partial charge on any atom is -0.493 e. The van der Waals surface area contributed by atoms with E-state index in [1.807, 2.05) is 12.1 Å². The van der Waals surface area contributed by atoms with E-state index in [0.29, 0.717) is 17.2 Å². The highest BCUT2D eigenvalue weighted by molar-refractivity contribution is 7.98. The lowest BCUT2D eigenvalue weighted by Gasteiger charge is -2.12. The fourth-order valence-electron chi connectivity index (χ4n) is 1.93. The van der Waals surface area contributed by atoms with E-state index in [1.54, 1.807) is 32.0 Å². The fraction of sp³-hybridized carbons (Fsp3) is 0.250. The number of nitrogens with two attached hydrogens (primary N) is 1. The highest BCUT2D eigenvalue weighted by atomic mass is 32.2. The van der Waals surface area contributed by atoms with Gasteiger partial charge < -0.3 is 15.2 Å². The van der Waals surface area contributed by atoms with Crippen molar-refractivity contribution in [2.24, 2.45) is 0 Å². The second-order valence-corrected chi connectivity index (χ2v) is 5.48. The summed E-state index contributed by atoms with van der Waals surface area (Å²) < 4.78 is 10.6. The SMILES string of the molecule is COc1cc(N)c(SCc2ccccc2C)cc1OC. The average Bonchev–Trinajstić information content (AvgIpc) is 2.47. The molecule has 0 aliphatic carbocycles. The molecule has 2 N–H and O–H groups in total. The molecule has 0 saturated heterocycles. The van der Waals surface area contributed by atoms with Crippen LogP contribution in [0.25, 0.3) is 0 Å². The van der Waals surface area contributed by atoms with E-state index in [-0.39, 0.29) is 0 Å². The molecule has 3 nitrogen and oxygen atoms in total. The van der Waals surface area contributed by atoms with Gasteiger partial charge in [0, 0.05) is 22.4 Å². The first-order valence-corrected chi connectivity index (χ1v) is 7.33. The van der Waals surface area contributed by atoms with Crippen LogP contribution in [0.3, 0.4) is 0 Å². The van der Waals surface area contributed by atoms with Crippen molar-refractivity contribution in [2.75, 3.05) is 20.0 Å². The maximum atomic E-state index is 6.07. The standard InChI is InChI=1S/C16H19NO2S/c1-11-6-4-5-7-12(11)10-20-16-9-15(19-3)14(18-2)8-13(16)17/h4-9H,10,17H2,1-3H3. The molecule has 0 radical (unpaired) electrons. The number of aryl methyl sites for hydroxylation is 1. The highest BCUT2D eigenvalue weighted by Gasteiger charge is 2.10. The second-order valence-electron chi connectivity index (χ2n) is 4.46. The third-order valence-corrected chi connectivity index (χ3v) is 4.28. The van der Waals surface area contributed by atoms with Crippen LogP contribution in [0.15, 0.2) is 41.3 Å². The van der Waals surface area contributed by atoms with Crippen molar-refractivity contribution < 1.29 is 9.47 Å². The van der Waals surface area contributed by atoms with Gasteiger partial charge in [-0.05, 0) is 24.1 Å². The van der Waals surface area contributed by atoms with Gasteiger partial charge in [-0.25, -0.2) is 0 Å². The minimum absolute atomic E-state index is 0.658. The molecule has 0 saturated carbocycles. The predicted molar refractivity (Wildman–Crippen MR) is 84.7 cm³/mol. The largest absolute Gasteiger partial charge is 0.493 e. The summed E-state index contributed by atoms with van der Waals surface area (Å²) in [6, 6.07) is 12.1. The maximum Gasteiger partial charge on any atom is 0.162 e. The van der Waals surface area contributed by atoms with Gasteiger partial charge in [-0.15, -0.1) is 11.8 Å². The second kappa shape index (κ2) is 6.57. The molecule has 0 atom stereocenters. The van der Waals surface area contributed by atoms with Crippen LogP contribution in [-0.4, -0.2) is 14.2 Å². The van der Waals surface area contributed by atoms with Gasteiger partial charge in [-0.1, -0.05) is 24.3 Å². The van der Waals surface area contributed by atoms with Crippen LogP contribution in [0.5, 0.6) is 11.5 Å². The van der Waals surface area contributed by atoms with Crippen LogP contribution >= 0.6 is 11.8 Å². The molecule has 0 fully saturated rings. The first-order chi connectivity index (χ1) is 9.65. The lowest BCUT2D eigenvalue weighted by molar-refractivity contribution is 0.354. The van der Waals surface area contributed by atoms with Gasteiger partial charge in [-0.2, -0.15) is 0 Å². The first kappa shape index (κ1) is 14.6. The van der Waals surface area contributed by atoms with Gasteiger partial charge in [-0.3, -0.25) is 0 Å². The quantitative estimate of drug-likeness (QED) is 0.670. The van der Waals surface area contributed by atoms with Gasteiger partial charge in [0.15, 0.2) is 11.5 Å². The number of anilines is 1. The van der Waals surface area contributed by atoms with Crippen molar-refractivity contribution >= 4 is 17.4 Å². The Kier molecular flexibility index (Phi) is 4.79. The molecule has 0 spiro atoms. The summed E-state index contributed by atoms with van der Waals surface area (Å²) in [5.41, 5.74) is 9.38. The molecular weight excluding hydrogens is 270 g/mol. The Balaban J connectivity index is 2.19. The lowest BCUT2D eigenvalue weighted by atomic mass is 10.1. The normalized spacial score (nSPS) is 10.3. The molecule has 0 heterocycles. The van der Waals surface area contributed by atoms with Gasteiger partial charge in [0.25, 0.3) is 0 Å². The number of rotatable bonds is 5. The highest BCUT2D eigenvalue weighted by Crippen LogP contribution is 2.38. The van der Waals surface area contributed by atoms with Crippen LogP contribution in [0.1, 0.15) is 11.1 Å². The molecule has 2 aromatic rings. The van der Waals surface area contributed by atoms with Crippen molar-refractivity contribution in [1.29, 1.82) is 0 Å². The molecular formula is C16H19NO2S. The molecule has 2 aromatic carbocycles. The molecule has 0 unspecified atom stereocenters. The number of benzene rings is 2. The summed E-state index contributed by atoms with van der Waals surface area (Å²) >= 11 is 1.70. The molecule has 0 bridgehead atoms. The first-order valence-electron chi connectivity index (χ1n) is 6.34. The third-order valence-electron chi connectivity index (χ3n) is 3.16. The Morgan fingerprint density at radius 1 is 1.05 bits per heavy atom. The van der Waals surface area contributed by atoms with Gasteiger partial charge in [0.1, 0.15) is 0 Å². The number of methoxy groups -OCH3 is 2. The molecule has 20 heavy (non-hydrogen) atoms. The Morgan fingerprint density at radius 2 is 1.70 bits per heavy atom. The Morgan fingerprint density at radius 3 is 2.35 bits per heavy atom. The van der Waals surface area contributed by atoms with E-state index in [1.165, 1.54) is 11.1 Å². The van der Waals surface area contributed by atoms with E-state index in [0.717, 1.165) is 10.6 Å². The monoisotopic (exact) mass is 289 g/mol. The van der Waals surface area contributed by atoms with Gasteiger partial charge >= 0.3 is 0 Å². The number of hydrogen-bond acceptors (Lipinski definition) is 4. The van der Waals surface area contributed by atoms with Crippen LogP contribution in [0.4, 0.5) is 5.69 Å². The van der Waals surface area contributed by atoms with Crippen molar-refractivity contribution in [3.63, 3.8) is 0 Å². The Labute approximate surface area is 124 Å². The summed E-state index contributed by atoms with van der Waals surface area (Å²) in [7, 11) is 3.24. The number of hydrogen-bond donors (Lipinski definition) is 1. The molecule has 4 heteroatoms. The van der Waals surface area contributed by atoms with Crippen LogP contribution in [0, 0.1) is 6.92 Å². The number of ether oxygens (including phenoxy) is 2. The van der Waals surface area contributed by atoms with E-state index >= 15 is 0 Å². The molecule has 106 valence electrons. The van der Waals surface area contributed by atoms with Crippen LogP contribution in [-0.2, 0) is 5.75 Å². The van der Waals surface area contributed by atoms with Crippen molar-refractivity contribution in [2.45, 2.75) is 17.6 Å². The minimum atomic E-state index is 0.658. The molecule has 0 amide bonds. The Hall–Kier alpha value is -1.81. The lowest BCUT2D eigenvalue weighted by Crippen LogP contribution is -1.96. The summed E-state index contributed by atoms with van der Waals surface area (Å²) in [5.74, 6) is 2.24. The van der Waals surface area contributed by atoms with E-state index in [4.69, 9.17) is 15.2 Å². The third kappa shape index (κ3) is 3.20. The number of thioether (sulfide) groups is 1. The molecule has 0 aromatic heterocycles. The van der Waals surface area contributed by atoms with E-state index < -0.39 is 0 Å². The zero-order chi connectivity index (χ0) is 14.5. The van der Waals surface area contributed by atoms with Gasteiger partial charge in [0.2, 0.25) is 0 Å². The predicted octanol–water partition coefficient (Wildman–Crippen LogP) is 3.89. The topological polar surface area (TPSA) is 44.5 Å². The Bertz CT molecular complexity index is 599. The van der Waals surface area contributed by atoms with Crippen LogP contribution in [0.2, 0.25) is 0 Å².